The Hall–Kier alpha value is -5.49. The molecular weight excluding hydrogens is 596 g/mol. The number of carbonyl (C=O) groups excluding carboxylic acids is 2. The van der Waals surface area contributed by atoms with Gasteiger partial charge in [0, 0.05) is 40.3 Å². The molecule has 1 heterocycles. The summed E-state index contributed by atoms with van der Waals surface area (Å²) in [5.41, 5.74) is 6.88. The van der Waals surface area contributed by atoms with E-state index in [9.17, 15) is 14.4 Å². The minimum absolute atomic E-state index is 0.00329. The van der Waals surface area contributed by atoms with E-state index in [2.05, 4.69) is 50.1 Å². The van der Waals surface area contributed by atoms with Crippen LogP contribution in [-0.2, 0) is 0 Å². The fourth-order valence-electron chi connectivity index (χ4n) is 6.71. The van der Waals surface area contributed by atoms with Gasteiger partial charge in [0.25, 0.3) is 5.56 Å². The van der Waals surface area contributed by atoms with E-state index in [0.717, 1.165) is 23.2 Å². The second-order valence-corrected chi connectivity index (χ2v) is 13.4. The van der Waals surface area contributed by atoms with Gasteiger partial charge in [0.05, 0.1) is 22.3 Å². The number of aromatic amines is 1. The van der Waals surface area contributed by atoms with Crippen LogP contribution in [0.5, 0.6) is 5.75 Å². The SMILES string of the molecule is CCC(C)(C)C1=CCC(Oc2cc(Nc3ccc(C)cc3)c3c4c(c(C(=O)c5ccccc5)c(=O)[nH]c24)-c2ccccc2C3=O)C(C)=C1. The molecule has 0 bridgehead atoms. The predicted octanol–water partition coefficient (Wildman–Crippen LogP) is 9.48. The average molecular weight is 635 g/mol. The van der Waals surface area contributed by atoms with Crippen molar-refractivity contribution >= 4 is 33.8 Å². The van der Waals surface area contributed by atoms with E-state index in [0.29, 0.717) is 56.6 Å². The Morgan fingerprint density at radius 2 is 1.60 bits per heavy atom. The Bertz CT molecular complexity index is 2240. The molecule has 0 radical (unpaired) electrons. The molecule has 1 atom stereocenters. The molecular formula is C42H38N2O4. The summed E-state index contributed by atoms with van der Waals surface area (Å²) in [7, 11) is 0. The highest BCUT2D eigenvalue weighted by Crippen LogP contribution is 2.47. The number of ether oxygens (including phenoxy) is 1. The third kappa shape index (κ3) is 5.27. The number of ketones is 2. The first-order chi connectivity index (χ1) is 23.1. The highest BCUT2D eigenvalue weighted by atomic mass is 16.5. The molecule has 5 aromatic rings. The van der Waals surface area contributed by atoms with Crippen LogP contribution in [0.25, 0.3) is 22.0 Å². The number of hydrogen-bond acceptors (Lipinski definition) is 5. The average Bonchev–Trinajstić information content (AvgIpc) is 3.09. The van der Waals surface area contributed by atoms with Gasteiger partial charge in [-0.15, -0.1) is 0 Å². The molecule has 1 aromatic heterocycles. The number of aryl methyl sites for hydroxylation is 1. The monoisotopic (exact) mass is 634 g/mol. The van der Waals surface area contributed by atoms with Gasteiger partial charge in [-0.05, 0) is 54.5 Å². The molecule has 6 nitrogen and oxygen atoms in total. The quantitative estimate of drug-likeness (QED) is 0.163. The van der Waals surface area contributed by atoms with Gasteiger partial charge >= 0.3 is 0 Å². The van der Waals surface area contributed by atoms with Crippen molar-refractivity contribution in [1.82, 2.24) is 4.98 Å². The number of hydrogen-bond donors (Lipinski definition) is 2. The van der Waals surface area contributed by atoms with Crippen molar-refractivity contribution < 1.29 is 14.3 Å². The molecule has 0 saturated heterocycles. The van der Waals surface area contributed by atoms with Gasteiger partial charge in [0.15, 0.2) is 11.6 Å². The number of fused-ring (bicyclic) bond motifs is 2. The van der Waals surface area contributed by atoms with Gasteiger partial charge < -0.3 is 15.0 Å². The van der Waals surface area contributed by atoms with Crippen LogP contribution in [0, 0.1) is 12.3 Å². The predicted molar refractivity (Wildman–Crippen MR) is 193 cm³/mol. The summed E-state index contributed by atoms with van der Waals surface area (Å²) in [5.74, 6) is -0.181. The summed E-state index contributed by atoms with van der Waals surface area (Å²) in [6, 6.07) is 25.7. The fraction of sp³-hybridized carbons (Fsp3) is 0.214. The first-order valence-electron chi connectivity index (χ1n) is 16.5. The molecule has 2 aliphatic rings. The van der Waals surface area contributed by atoms with E-state index in [1.165, 1.54) is 5.57 Å². The number of pyridine rings is 1. The molecule has 0 fully saturated rings. The first kappa shape index (κ1) is 31.1. The number of allylic oxidation sites excluding steroid dienone is 2. The van der Waals surface area contributed by atoms with Crippen LogP contribution in [0.2, 0.25) is 0 Å². The lowest BCUT2D eigenvalue weighted by Gasteiger charge is -2.31. The minimum Gasteiger partial charge on any atom is -0.483 e. The van der Waals surface area contributed by atoms with Crippen LogP contribution in [0.1, 0.15) is 77.9 Å². The van der Waals surface area contributed by atoms with E-state index in [4.69, 9.17) is 4.74 Å². The summed E-state index contributed by atoms with van der Waals surface area (Å²) in [5, 5.41) is 3.97. The van der Waals surface area contributed by atoms with Gasteiger partial charge in [-0.3, -0.25) is 14.4 Å². The molecule has 240 valence electrons. The highest BCUT2D eigenvalue weighted by Gasteiger charge is 2.35. The van der Waals surface area contributed by atoms with Crippen molar-refractivity contribution in [3.8, 4) is 16.9 Å². The zero-order valence-corrected chi connectivity index (χ0v) is 27.9. The van der Waals surface area contributed by atoms with E-state index in [1.807, 2.05) is 55.5 Å². The summed E-state index contributed by atoms with van der Waals surface area (Å²) < 4.78 is 6.80. The Labute approximate surface area is 280 Å². The number of aromatic nitrogens is 1. The van der Waals surface area contributed by atoms with Crippen LogP contribution in [0.4, 0.5) is 11.4 Å². The largest absolute Gasteiger partial charge is 0.483 e. The summed E-state index contributed by atoms with van der Waals surface area (Å²) in [6.45, 7) is 10.8. The molecule has 0 saturated carbocycles. The third-order valence-electron chi connectivity index (χ3n) is 9.90. The maximum absolute atomic E-state index is 14.4. The van der Waals surface area contributed by atoms with Crippen molar-refractivity contribution in [1.29, 1.82) is 0 Å². The normalized spacial score (nSPS) is 15.4. The standard InChI is InChI=1S/C42H38N2O4/c1-6-42(4,5)27-18-21-32(25(3)22-27)48-33-23-31(43-28-19-16-24(2)17-20-28)35-36-34(29-14-10-11-15-30(29)40(35)46)37(41(47)44-38(33)36)39(45)26-12-8-7-9-13-26/h7-20,22-23,32,43H,6,21H2,1-5H3,(H,44,47). The molecule has 7 rings (SSSR count). The van der Waals surface area contributed by atoms with E-state index < -0.39 is 11.3 Å². The number of benzene rings is 4. The smallest absolute Gasteiger partial charge is 0.260 e. The van der Waals surface area contributed by atoms with Crippen LogP contribution in [0.3, 0.4) is 0 Å². The minimum atomic E-state index is -0.534. The topological polar surface area (TPSA) is 88.3 Å². The summed E-state index contributed by atoms with van der Waals surface area (Å²) >= 11 is 0. The second-order valence-electron chi connectivity index (χ2n) is 13.4. The molecule has 2 aliphatic carbocycles. The molecule has 6 heteroatoms. The molecule has 2 N–H and O–H groups in total. The lowest BCUT2D eigenvalue weighted by molar-refractivity contribution is 0.102. The molecule has 4 aromatic carbocycles. The Kier molecular flexibility index (Phi) is 7.75. The number of carbonyl (C=O) groups is 2. The van der Waals surface area contributed by atoms with Crippen LogP contribution in [-0.4, -0.2) is 22.7 Å². The third-order valence-corrected chi connectivity index (χ3v) is 9.90. The maximum atomic E-state index is 14.4. The Morgan fingerprint density at radius 1 is 0.917 bits per heavy atom. The zero-order chi connectivity index (χ0) is 33.7. The molecule has 0 amide bonds. The lowest BCUT2D eigenvalue weighted by atomic mass is 9.78. The summed E-state index contributed by atoms with van der Waals surface area (Å²) in [6.07, 6.45) is 5.82. The van der Waals surface area contributed by atoms with Gasteiger partial charge in [-0.1, -0.05) is 105 Å². The lowest BCUT2D eigenvalue weighted by Crippen LogP contribution is -2.26. The van der Waals surface area contributed by atoms with Crippen LogP contribution >= 0.6 is 0 Å². The Morgan fingerprint density at radius 3 is 2.29 bits per heavy atom. The summed E-state index contributed by atoms with van der Waals surface area (Å²) in [4.78, 5) is 45.7. The highest BCUT2D eigenvalue weighted by molar-refractivity contribution is 6.31. The van der Waals surface area contributed by atoms with Gasteiger partial charge in [0.2, 0.25) is 0 Å². The van der Waals surface area contributed by atoms with E-state index in [1.54, 1.807) is 36.4 Å². The van der Waals surface area contributed by atoms with E-state index in [-0.39, 0.29) is 22.9 Å². The van der Waals surface area contributed by atoms with Crippen molar-refractivity contribution in [2.45, 2.75) is 53.6 Å². The molecule has 0 aliphatic heterocycles. The van der Waals surface area contributed by atoms with E-state index >= 15 is 0 Å². The molecule has 0 spiro atoms. The first-order valence-corrected chi connectivity index (χ1v) is 16.5. The number of H-pyrrole nitrogens is 1. The van der Waals surface area contributed by atoms with Gasteiger partial charge in [-0.2, -0.15) is 0 Å². The van der Waals surface area contributed by atoms with Crippen molar-refractivity contribution in [3.05, 3.63) is 146 Å². The maximum Gasteiger partial charge on any atom is 0.260 e. The second kappa shape index (κ2) is 11.9. The zero-order valence-electron chi connectivity index (χ0n) is 27.9. The van der Waals surface area contributed by atoms with Gasteiger partial charge in [-0.25, -0.2) is 0 Å². The van der Waals surface area contributed by atoms with Crippen LogP contribution < -0.4 is 15.6 Å². The number of anilines is 2. The number of rotatable bonds is 8. The fourth-order valence-corrected chi connectivity index (χ4v) is 6.71. The molecule has 48 heavy (non-hydrogen) atoms. The van der Waals surface area contributed by atoms with Crippen LogP contribution in [0.15, 0.2) is 113 Å². The van der Waals surface area contributed by atoms with Gasteiger partial charge in [0.1, 0.15) is 11.9 Å². The van der Waals surface area contributed by atoms with Crippen molar-refractivity contribution in [3.63, 3.8) is 0 Å². The molecule has 1 unspecified atom stereocenters. The number of nitrogens with one attached hydrogen (secondary N) is 2. The van der Waals surface area contributed by atoms with Crippen molar-refractivity contribution in [2.24, 2.45) is 5.41 Å². The Balaban J connectivity index is 1.49. The van der Waals surface area contributed by atoms with Crippen molar-refractivity contribution in [2.75, 3.05) is 5.32 Å².